The minimum absolute atomic E-state index is 0.0614. The van der Waals surface area contributed by atoms with Crippen molar-refractivity contribution in [2.45, 2.75) is 13.8 Å². The Morgan fingerprint density at radius 3 is 2.67 bits per heavy atom. The zero-order valence-electron chi connectivity index (χ0n) is 10.3. The van der Waals surface area contributed by atoms with Crippen molar-refractivity contribution in [2.75, 3.05) is 29.9 Å². The van der Waals surface area contributed by atoms with Gasteiger partial charge in [0.1, 0.15) is 0 Å². The molecule has 0 spiro atoms. The van der Waals surface area contributed by atoms with E-state index in [2.05, 4.69) is 20.8 Å². The Balaban J connectivity index is 2.45. The number of amides is 1. The van der Waals surface area contributed by atoms with Crippen molar-refractivity contribution in [3.8, 4) is 0 Å². The number of carbonyl (C=O) groups is 1. The molecule has 0 aliphatic rings. The van der Waals surface area contributed by atoms with E-state index in [0.717, 1.165) is 11.3 Å². The lowest BCUT2D eigenvalue weighted by molar-refractivity contribution is 0.0955. The van der Waals surface area contributed by atoms with Gasteiger partial charge in [-0.25, -0.2) is 8.42 Å². The van der Waals surface area contributed by atoms with Crippen molar-refractivity contribution in [1.29, 1.82) is 0 Å². The van der Waals surface area contributed by atoms with Gasteiger partial charge < -0.3 is 10.6 Å². The summed E-state index contributed by atoms with van der Waals surface area (Å²) < 4.78 is 22.4. The normalized spacial score (nSPS) is 11.2. The first-order chi connectivity index (χ1) is 8.48. The number of sulfone groups is 1. The highest BCUT2D eigenvalue weighted by Gasteiger charge is 2.13. The highest BCUT2D eigenvalue weighted by atomic mass is 32.2. The summed E-state index contributed by atoms with van der Waals surface area (Å²) >= 11 is 1.13. The van der Waals surface area contributed by atoms with Crippen LogP contribution in [0.5, 0.6) is 0 Å². The van der Waals surface area contributed by atoms with Crippen LogP contribution in [-0.4, -0.2) is 49.1 Å². The van der Waals surface area contributed by atoms with Crippen molar-refractivity contribution in [3.05, 3.63) is 5.01 Å². The van der Waals surface area contributed by atoms with Gasteiger partial charge in [-0.3, -0.25) is 4.79 Å². The number of hydrogen-bond donors (Lipinski definition) is 2. The lowest BCUT2D eigenvalue weighted by Crippen LogP contribution is -2.29. The molecule has 0 atom stereocenters. The van der Waals surface area contributed by atoms with Crippen molar-refractivity contribution < 1.29 is 13.2 Å². The fourth-order valence-corrected chi connectivity index (χ4v) is 2.51. The maximum absolute atomic E-state index is 11.6. The molecular formula is C9H16N4O3S2. The summed E-state index contributed by atoms with van der Waals surface area (Å²) in [5.41, 5.74) is 0. The standard InChI is InChI=1S/C9H16N4O3S2/c1-3-10-9-13-12-8(17-9)7(14)11-5-6-18(15,16)4-2/h3-6H2,1-2H3,(H,10,13)(H,11,14). The number of nitrogens with zero attached hydrogens (tertiary/aromatic N) is 2. The molecule has 1 heterocycles. The summed E-state index contributed by atoms with van der Waals surface area (Å²) in [4.78, 5) is 11.6. The van der Waals surface area contributed by atoms with Gasteiger partial charge in [-0.05, 0) is 6.92 Å². The Morgan fingerprint density at radius 2 is 2.06 bits per heavy atom. The van der Waals surface area contributed by atoms with Gasteiger partial charge in [-0.2, -0.15) is 0 Å². The highest BCUT2D eigenvalue weighted by molar-refractivity contribution is 7.91. The molecule has 0 bridgehead atoms. The fraction of sp³-hybridized carbons (Fsp3) is 0.667. The highest BCUT2D eigenvalue weighted by Crippen LogP contribution is 2.14. The van der Waals surface area contributed by atoms with Crippen LogP contribution >= 0.6 is 11.3 Å². The SMILES string of the molecule is CCNc1nnc(C(=O)NCCS(=O)(=O)CC)s1. The van der Waals surface area contributed by atoms with Crippen LogP contribution in [0.1, 0.15) is 23.6 Å². The zero-order chi connectivity index (χ0) is 13.6. The molecule has 0 fully saturated rings. The van der Waals surface area contributed by atoms with Gasteiger partial charge in [0.15, 0.2) is 9.84 Å². The summed E-state index contributed by atoms with van der Waals surface area (Å²) in [6.07, 6.45) is 0. The van der Waals surface area contributed by atoms with Crippen LogP contribution in [0.25, 0.3) is 0 Å². The van der Waals surface area contributed by atoms with Gasteiger partial charge in [-0.15, -0.1) is 10.2 Å². The molecule has 0 unspecified atom stereocenters. The summed E-state index contributed by atoms with van der Waals surface area (Å²) in [5, 5.41) is 13.7. The molecule has 1 aromatic heterocycles. The molecule has 0 saturated carbocycles. The molecule has 1 amide bonds. The molecule has 7 nitrogen and oxygen atoms in total. The Morgan fingerprint density at radius 1 is 1.33 bits per heavy atom. The summed E-state index contributed by atoms with van der Waals surface area (Å²) in [7, 11) is -3.06. The summed E-state index contributed by atoms with van der Waals surface area (Å²) in [6.45, 7) is 4.28. The Labute approximate surface area is 110 Å². The van der Waals surface area contributed by atoms with Gasteiger partial charge in [0, 0.05) is 18.8 Å². The molecule has 0 radical (unpaired) electrons. The van der Waals surface area contributed by atoms with Crippen LogP contribution in [0, 0.1) is 0 Å². The van der Waals surface area contributed by atoms with E-state index in [1.165, 1.54) is 0 Å². The minimum Gasteiger partial charge on any atom is -0.360 e. The lowest BCUT2D eigenvalue weighted by atomic mass is 10.6. The van der Waals surface area contributed by atoms with Crippen LogP contribution in [-0.2, 0) is 9.84 Å². The number of nitrogens with one attached hydrogen (secondary N) is 2. The maximum atomic E-state index is 11.6. The molecule has 18 heavy (non-hydrogen) atoms. The molecule has 1 rings (SSSR count). The first-order valence-electron chi connectivity index (χ1n) is 5.54. The molecular weight excluding hydrogens is 276 g/mol. The molecule has 9 heteroatoms. The summed E-state index contributed by atoms with van der Waals surface area (Å²) in [5.74, 6) is -0.386. The quantitative estimate of drug-likeness (QED) is 0.741. The number of rotatable bonds is 7. The first-order valence-corrected chi connectivity index (χ1v) is 8.18. The van der Waals surface area contributed by atoms with E-state index < -0.39 is 15.7 Å². The molecule has 0 aliphatic carbocycles. The van der Waals surface area contributed by atoms with Gasteiger partial charge in [0.25, 0.3) is 5.91 Å². The average Bonchev–Trinajstić information content (AvgIpc) is 2.78. The number of hydrogen-bond acceptors (Lipinski definition) is 7. The van der Waals surface area contributed by atoms with Gasteiger partial charge in [0.05, 0.1) is 5.75 Å². The second-order valence-corrected chi connectivity index (χ2v) is 6.89. The van der Waals surface area contributed by atoms with Gasteiger partial charge in [0.2, 0.25) is 10.1 Å². The van der Waals surface area contributed by atoms with Crippen molar-refractivity contribution in [3.63, 3.8) is 0 Å². The Bertz CT molecular complexity index is 498. The maximum Gasteiger partial charge on any atom is 0.282 e. The average molecular weight is 292 g/mol. The van der Waals surface area contributed by atoms with E-state index >= 15 is 0 Å². The molecule has 2 N–H and O–H groups in total. The van der Waals surface area contributed by atoms with Crippen LogP contribution in [0.3, 0.4) is 0 Å². The smallest absolute Gasteiger partial charge is 0.282 e. The van der Waals surface area contributed by atoms with Crippen molar-refractivity contribution in [2.24, 2.45) is 0 Å². The Hall–Kier alpha value is -1.22. The zero-order valence-corrected chi connectivity index (χ0v) is 11.9. The largest absolute Gasteiger partial charge is 0.360 e. The summed E-state index contributed by atoms with van der Waals surface area (Å²) in [6, 6.07) is 0. The Kier molecular flexibility index (Phi) is 5.48. The van der Waals surface area contributed by atoms with Crippen LogP contribution in [0.2, 0.25) is 0 Å². The second-order valence-electron chi connectivity index (χ2n) is 3.43. The third kappa shape index (κ3) is 4.57. The molecule has 0 aliphatic heterocycles. The molecule has 0 aromatic carbocycles. The third-order valence-electron chi connectivity index (χ3n) is 2.09. The van der Waals surface area contributed by atoms with Gasteiger partial charge >= 0.3 is 0 Å². The molecule has 0 saturated heterocycles. The van der Waals surface area contributed by atoms with E-state index in [1.807, 2.05) is 6.92 Å². The van der Waals surface area contributed by atoms with E-state index in [0.29, 0.717) is 11.7 Å². The number of carbonyl (C=O) groups excluding carboxylic acids is 1. The van der Waals surface area contributed by atoms with Crippen molar-refractivity contribution in [1.82, 2.24) is 15.5 Å². The van der Waals surface area contributed by atoms with Crippen LogP contribution in [0.4, 0.5) is 5.13 Å². The molecule has 1 aromatic rings. The minimum atomic E-state index is -3.06. The van der Waals surface area contributed by atoms with Gasteiger partial charge in [-0.1, -0.05) is 18.3 Å². The topological polar surface area (TPSA) is 101 Å². The lowest BCUT2D eigenvalue weighted by Gasteiger charge is -2.02. The second kappa shape index (κ2) is 6.64. The van der Waals surface area contributed by atoms with Crippen LogP contribution in [0.15, 0.2) is 0 Å². The molecule has 102 valence electrons. The predicted octanol–water partition coefficient (Wildman–Crippen LogP) is 0.134. The number of aromatic nitrogens is 2. The third-order valence-corrected chi connectivity index (χ3v) is 4.67. The number of anilines is 1. The van der Waals surface area contributed by atoms with E-state index in [4.69, 9.17) is 0 Å². The first kappa shape index (κ1) is 14.8. The fourth-order valence-electron chi connectivity index (χ4n) is 1.08. The van der Waals surface area contributed by atoms with Crippen molar-refractivity contribution >= 4 is 32.2 Å². The monoisotopic (exact) mass is 292 g/mol. The van der Waals surface area contributed by atoms with Crippen LogP contribution < -0.4 is 10.6 Å². The van der Waals surface area contributed by atoms with E-state index in [9.17, 15) is 13.2 Å². The van der Waals surface area contributed by atoms with E-state index in [-0.39, 0.29) is 23.1 Å². The van der Waals surface area contributed by atoms with E-state index in [1.54, 1.807) is 6.92 Å². The predicted molar refractivity (Wildman–Crippen MR) is 70.7 cm³/mol.